The number of likely N-dealkylation sites (tertiary alicyclic amines) is 1. The van der Waals surface area contributed by atoms with Gasteiger partial charge in [0.15, 0.2) is 0 Å². The van der Waals surface area contributed by atoms with Gasteiger partial charge in [-0.1, -0.05) is 30.3 Å². The van der Waals surface area contributed by atoms with Gasteiger partial charge in [-0.05, 0) is 31.4 Å². The number of carbonyl (C=O) groups excluding carboxylic acids is 1. The maximum absolute atomic E-state index is 10.8. The van der Waals surface area contributed by atoms with Crippen LogP contribution in [-0.2, 0) is 16.0 Å². The lowest BCUT2D eigenvalue weighted by Crippen LogP contribution is -2.38. The molecule has 19 heavy (non-hydrogen) atoms. The quantitative estimate of drug-likeness (QED) is 0.556. The van der Waals surface area contributed by atoms with E-state index in [1.165, 1.54) is 5.56 Å². The Morgan fingerprint density at radius 1 is 1.26 bits per heavy atom. The number of carbonyl (C=O) groups is 1. The first-order chi connectivity index (χ1) is 9.38. The van der Waals surface area contributed by atoms with Crippen LogP contribution in [0.2, 0.25) is 0 Å². The van der Waals surface area contributed by atoms with Crippen LogP contribution in [0.3, 0.4) is 0 Å². The molecule has 0 amide bonds. The van der Waals surface area contributed by atoms with E-state index in [4.69, 9.17) is 4.74 Å². The van der Waals surface area contributed by atoms with E-state index in [2.05, 4.69) is 29.2 Å². The van der Waals surface area contributed by atoms with Crippen LogP contribution in [0.15, 0.2) is 30.3 Å². The van der Waals surface area contributed by atoms with Gasteiger partial charge in [0.1, 0.15) is 6.29 Å². The van der Waals surface area contributed by atoms with Crippen LogP contribution in [0.5, 0.6) is 0 Å². The minimum Gasteiger partial charge on any atom is -0.380 e. The van der Waals surface area contributed by atoms with E-state index in [1.54, 1.807) is 0 Å². The van der Waals surface area contributed by atoms with Crippen molar-refractivity contribution in [1.82, 2.24) is 4.90 Å². The molecular formula is C16H23NO2. The van der Waals surface area contributed by atoms with Crippen LogP contribution in [0.4, 0.5) is 0 Å². The first kappa shape index (κ1) is 14.2. The average Bonchev–Trinajstić information content (AvgIpc) is 2.48. The zero-order valence-electron chi connectivity index (χ0n) is 11.5. The molecule has 1 unspecified atom stereocenters. The first-order valence-electron chi connectivity index (χ1n) is 7.18. The third kappa shape index (κ3) is 5.13. The number of aldehydes is 1. The predicted octanol–water partition coefficient (Wildman–Crippen LogP) is 2.16. The molecule has 0 radical (unpaired) electrons. The van der Waals surface area contributed by atoms with E-state index in [9.17, 15) is 4.79 Å². The van der Waals surface area contributed by atoms with Gasteiger partial charge in [-0.15, -0.1) is 0 Å². The van der Waals surface area contributed by atoms with E-state index < -0.39 is 0 Å². The predicted molar refractivity (Wildman–Crippen MR) is 76.2 cm³/mol. The summed E-state index contributed by atoms with van der Waals surface area (Å²) in [6.45, 7) is 4.49. The topological polar surface area (TPSA) is 29.5 Å². The third-order valence-corrected chi connectivity index (χ3v) is 3.66. The Hall–Kier alpha value is -1.19. The monoisotopic (exact) mass is 261 g/mol. The van der Waals surface area contributed by atoms with Crippen molar-refractivity contribution in [1.29, 1.82) is 0 Å². The van der Waals surface area contributed by atoms with E-state index in [0.717, 1.165) is 58.4 Å². The van der Waals surface area contributed by atoms with Gasteiger partial charge in [-0.3, -0.25) is 0 Å². The summed E-state index contributed by atoms with van der Waals surface area (Å²) in [7, 11) is 0. The number of ether oxygens (including phenoxy) is 1. The lowest BCUT2D eigenvalue weighted by atomic mass is 10.00. The van der Waals surface area contributed by atoms with Gasteiger partial charge in [0.05, 0.1) is 13.2 Å². The fourth-order valence-electron chi connectivity index (χ4n) is 2.54. The molecule has 1 heterocycles. The minimum atomic E-state index is 0.234. The number of hydrogen-bond acceptors (Lipinski definition) is 3. The summed E-state index contributed by atoms with van der Waals surface area (Å²) in [5.74, 6) is 0.234. The lowest BCUT2D eigenvalue weighted by molar-refractivity contribution is -0.112. The van der Waals surface area contributed by atoms with E-state index in [1.807, 2.05) is 6.07 Å². The van der Waals surface area contributed by atoms with Crippen molar-refractivity contribution >= 4 is 6.29 Å². The molecule has 0 bridgehead atoms. The van der Waals surface area contributed by atoms with Crippen molar-refractivity contribution in [2.45, 2.75) is 19.3 Å². The summed E-state index contributed by atoms with van der Waals surface area (Å²) in [4.78, 5) is 13.1. The average molecular weight is 261 g/mol. The number of benzene rings is 1. The maximum atomic E-state index is 10.8. The molecule has 3 heteroatoms. The fraction of sp³-hybridized carbons (Fsp3) is 0.562. The molecule has 1 atom stereocenters. The van der Waals surface area contributed by atoms with Gasteiger partial charge >= 0.3 is 0 Å². The van der Waals surface area contributed by atoms with Gasteiger partial charge in [-0.2, -0.15) is 0 Å². The minimum absolute atomic E-state index is 0.234. The molecule has 3 nitrogen and oxygen atoms in total. The Morgan fingerprint density at radius 3 is 2.89 bits per heavy atom. The molecular weight excluding hydrogens is 238 g/mol. The van der Waals surface area contributed by atoms with Gasteiger partial charge in [0, 0.05) is 19.0 Å². The Kier molecular flexibility index (Phi) is 6.05. The van der Waals surface area contributed by atoms with Crippen molar-refractivity contribution in [3.05, 3.63) is 35.9 Å². The molecule has 0 aromatic heterocycles. The first-order valence-corrected chi connectivity index (χ1v) is 7.18. The smallest absolute Gasteiger partial charge is 0.124 e. The van der Waals surface area contributed by atoms with Gasteiger partial charge in [-0.25, -0.2) is 0 Å². The largest absolute Gasteiger partial charge is 0.380 e. The van der Waals surface area contributed by atoms with Crippen LogP contribution in [0, 0.1) is 5.92 Å². The number of hydrogen-bond donors (Lipinski definition) is 0. The standard InChI is InChI=1S/C16H23NO2/c18-14-16-7-4-9-17(13-16)10-12-19-11-8-15-5-2-1-3-6-15/h1-3,5-6,14,16H,4,7-13H2. The molecule has 1 aromatic carbocycles. The number of rotatable bonds is 7. The maximum Gasteiger partial charge on any atom is 0.124 e. The number of piperidine rings is 1. The normalized spacial score (nSPS) is 20.3. The van der Waals surface area contributed by atoms with Crippen molar-refractivity contribution in [2.75, 3.05) is 32.8 Å². The second-order valence-corrected chi connectivity index (χ2v) is 5.19. The Morgan fingerprint density at radius 2 is 2.11 bits per heavy atom. The summed E-state index contributed by atoms with van der Waals surface area (Å²) in [6, 6.07) is 10.4. The second kappa shape index (κ2) is 8.08. The second-order valence-electron chi connectivity index (χ2n) is 5.19. The highest BCUT2D eigenvalue weighted by molar-refractivity contribution is 5.53. The fourth-order valence-corrected chi connectivity index (χ4v) is 2.54. The summed E-state index contributed by atoms with van der Waals surface area (Å²) in [5, 5.41) is 0. The highest BCUT2D eigenvalue weighted by atomic mass is 16.5. The Labute approximate surface area is 115 Å². The molecule has 0 spiro atoms. The third-order valence-electron chi connectivity index (χ3n) is 3.66. The molecule has 0 N–H and O–H groups in total. The lowest BCUT2D eigenvalue weighted by Gasteiger charge is -2.29. The highest BCUT2D eigenvalue weighted by Gasteiger charge is 2.18. The van der Waals surface area contributed by atoms with Crippen LogP contribution >= 0.6 is 0 Å². The molecule has 0 aliphatic carbocycles. The molecule has 0 saturated carbocycles. The number of nitrogens with zero attached hydrogens (tertiary/aromatic N) is 1. The van der Waals surface area contributed by atoms with E-state index in [-0.39, 0.29) is 5.92 Å². The summed E-state index contributed by atoms with van der Waals surface area (Å²) in [6.07, 6.45) is 4.25. The molecule has 2 rings (SSSR count). The summed E-state index contributed by atoms with van der Waals surface area (Å²) >= 11 is 0. The van der Waals surface area contributed by atoms with Crippen LogP contribution < -0.4 is 0 Å². The van der Waals surface area contributed by atoms with E-state index in [0.29, 0.717) is 0 Å². The highest BCUT2D eigenvalue weighted by Crippen LogP contribution is 2.13. The van der Waals surface area contributed by atoms with E-state index >= 15 is 0 Å². The molecule has 1 aromatic rings. The summed E-state index contributed by atoms with van der Waals surface area (Å²) in [5.41, 5.74) is 1.32. The molecule has 1 aliphatic heterocycles. The SMILES string of the molecule is O=CC1CCCN(CCOCCc2ccccc2)C1. The van der Waals surface area contributed by atoms with Crippen LogP contribution in [0.1, 0.15) is 18.4 Å². The Bertz CT molecular complexity index is 366. The van der Waals surface area contributed by atoms with Crippen molar-refractivity contribution in [3.63, 3.8) is 0 Å². The van der Waals surface area contributed by atoms with Crippen molar-refractivity contribution < 1.29 is 9.53 Å². The van der Waals surface area contributed by atoms with Crippen LogP contribution in [0.25, 0.3) is 0 Å². The van der Waals surface area contributed by atoms with Crippen molar-refractivity contribution in [3.8, 4) is 0 Å². The van der Waals surface area contributed by atoms with Crippen LogP contribution in [-0.4, -0.2) is 44.0 Å². The molecule has 104 valence electrons. The van der Waals surface area contributed by atoms with Crippen molar-refractivity contribution in [2.24, 2.45) is 5.92 Å². The molecule has 1 fully saturated rings. The molecule has 1 saturated heterocycles. The zero-order chi connectivity index (χ0) is 13.3. The van der Waals surface area contributed by atoms with Gasteiger partial charge < -0.3 is 14.4 Å². The zero-order valence-corrected chi connectivity index (χ0v) is 11.5. The van der Waals surface area contributed by atoms with Gasteiger partial charge in [0.25, 0.3) is 0 Å². The van der Waals surface area contributed by atoms with Gasteiger partial charge in [0.2, 0.25) is 0 Å². The summed E-state index contributed by atoms with van der Waals surface area (Å²) < 4.78 is 5.68. The Balaban J connectivity index is 1.55. The molecule has 1 aliphatic rings.